The normalized spacial score (nSPS) is 12.2. The van der Waals surface area contributed by atoms with Crippen LogP contribution < -0.4 is 16.0 Å². The van der Waals surface area contributed by atoms with E-state index in [4.69, 9.17) is 10.6 Å². The molecule has 20 heavy (non-hydrogen) atoms. The molecule has 1 atom stereocenters. The summed E-state index contributed by atoms with van der Waals surface area (Å²) in [6, 6.07) is 7.97. The number of benzene rings is 1. The Hall–Kier alpha value is -0.950. The lowest BCUT2D eigenvalue weighted by Gasteiger charge is -2.17. The highest BCUT2D eigenvalue weighted by Gasteiger charge is 2.13. The number of nitrogens with two attached hydrogens (primary N) is 1. The van der Waals surface area contributed by atoms with Crippen LogP contribution >= 0.6 is 31.9 Å². The molecule has 6 heteroatoms. The third-order valence-electron chi connectivity index (χ3n) is 2.98. The van der Waals surface area contributed by atoms with Crippen LogP contribution in [0.2, 0.25) is 0 Å². The summed E-state index contributed by atoms with van der Waals surface area (Å²) >= 11 is 6.91. The van der Waals surface area contributed by atoms with Crippen LogP contribution in [0.4, 0.5) is 0 Å². The van der Waals surface area contributed by atoms with E-state index in [1.807, 2.05) is 30.5 Å². The van der Waals surface area contributed by atoms with Crippen molar-refractivity contribution in [1.29, 1.82) is 0 Å². The minimum Gasteiger partial charge on any atom is -0.496 e. The van der Waals surface area contributed by atoms with E-state index in [0.29, 0.717) is 0 Å². The molecule has 0 aliphatic rings. The fourth-order valence-corrected chi connectivity index (χ4v) is 2.95. The van der Waals surface area contributed by atoms with Gasteiger partial charge in [0.15, 0.2) is 0 Å². The van der Waals surface area contributed by atoms with Gasteiger partial charge in [0, 0.05) is 16.9 Å². The zero-order valence-corrected chi connectivity index (χ0v) is 14.1. The van der Waals surface area contributed by atoms with Crippen LogP contribution in [-0.2, 0) is 6.42 Å². The molecule has 1 heterocycles. The fraction of sp³-hybridized carbons (Fsp3) is 0.214. The minimum atomic E-state index is 0.00769. The van der Waals surface area contributed by atoms with Crippen LogP contribution in [0.25, 0.3) is 0 Å². The van der Waals surface area contributed by atoms with Crippen molar-refractivity contribution in [2.75, 3.05) is 7.11 Å². The largest absolute Gasteiger partial charge is 0.496 e. The topological polar surface area (TPSA) is 60.2 Å². The van der Waals surface area contributed by atoms with Gasteiger partial charge in [-0.3, -0.25) is 16.3 Å². The second-order valence-electron chi connectivity index (χ2n) is 4.33. The molecule has 0 spiro atoms. The zero-order chi connectivity index (χ0) is 14.5. The Bertz CT molecular complexity index is 592. The molecule has 106 valence electrons. The van der Waals surface area contributed by atoms with E-state index in [0.717, 1.165) is 32.2 Å². The number of methoxy groups -OCH3 is 1. The summed E-state index contributed by atoms with van der Waals surface area (Å²) in [7, 11) is 1.64. The van der Waals surface area contributed by atoms with Gasteiger partial charge in [0.1, 0.15) is 5.75 Å². The maximum atomic E-state index is 5.68. The van der Waals surface area contributed by atoms with Gasteiger partial charge in [-0.15, -0.1) is 0 Å². The average molecular weight is 401 g/mol. The molecule has 0 amide bonds. The molecular formula is C14H15Br2N3O. The van der Waals surface area contributed by atoms with Crippen molar-refractivity contribution in [3.63, 3.8) is 0 Å². The number of aromatic nitrogens is 1. The summed E-state index contributed by atoms with van der Waals surface area (Å²) in [5.74, 6) is 6.48. The van der Waals surface area contributed by atoms with Gasteiger partial charge in [0.05, 0.1) is 17.6 Å². The van der Waals surface area contributed by atoms with Crippen LogP contribution in [0, 0.1) is 0 Å². The first-order valence-electron chi connectivity index (χ1n) is 6.03. The highest BCUT2D eigenvalue weighted by molar-refractivity contribution is 9.10. The first kappa shape index (κ1) is 15.4. The predicted octanol–water partition coefficient (Wildman–Crippen LogP) is 3.36. The van der Waals surface area contributed by atoms with Gasteiger partial charge in [-0.1, -0.05) is 6.07 Å². The lowest BCUT2D eigenvalue weighted by Crippen LogP contribution is -2.29. The molecule has 0 aliphatic heterocycles. The lowest BCUT2D eigenvalue weighted by molar-refractivity contribution is 0.411. The number of hydrogen-bond acceptors (Lipinski definition) is 4. The van der Waals surface area contributed by atoms with E-state index in [-0.39, 0.29) is 6.04 Å². The van der Waals surface area contributed by atoms with Crippen LogP contribution in [0.3, 0.4) is 0 Å². The Morgan fingerprint density at radius 2 is 2.10 bits per heavy atom. The molecule has 1 unspecified atom stereocenters. The molecule has 4 nitrogen and oxygen atoms in total. The SMILES string of the molecule is COc1ccc(C(Cc2cncc(Br)c2)NN)cc1Br. The molecule has 0 saturated carbocycles. The third kappa shape index (κ3) is 3.79. The number of hydrazine groups is 1. The van der Waals surface area contributed by atoms with Crippen LogP contribution in [-0.4, -0.2) is 12.1 Å². The van der Waals surface area contributed by atoms with E-state index in [1.165, 1.54) is 0 Å². The summed E-state index contributed by atoms with van der Waals surface area (Å²) in [4.78, 5) is 4.17. The summed E-state index contributed by atoms with van der Waals surface area (Å²) in [5, 5.41) is 0. The van der Waals surface area contributed by atoms with Gasteiger partial charge >= 0.3 is 0 Å². The van der Waals surface area contributed by atoms with Crippen molar-refractivity contribution in [2.45, 2.75) is 12.5 Å². The average Bonchev–Trinajstić information content (AvgIpc) is 2.44. The number of rotatable bonds is 5. The van der Waals surface area contributed by atoms with Crippen molar-refractivity contribution in [3.05, 3.63) is 56.7 Å². The monoisotopic (exact) mass is 399 g/mol. The maximum Gasteiger partial charge on any atom is 0.133 e. The van der Waals surface area contributed by atoms with Gasteiger partial charge < -0.3 is 4.74 Å². The van der Waals surface area contributed by atoms with E-state index in [2.05, 4.69) is 42.3 Å². The van der Waals surface area contributed by atoms with Crippen molar-refractivity contribution in [3.8, 4) is 5.75 Å². The number of pyridine rings is 1. The van der Waals surface area contributed by atoms with Crippen LogP contribution in [0.1, 0.15) is 17.2 Å². The van der Waals surface area contributed by atoms with Gasteiger partial charge in [-0.05, 0) is 67.6 Å². The van der Waals surface area contributed by atoms with Gasteiger partial charge in [0.25, 0.3) is 0 Å². The summed E-state index contributed by atoms with van der Waals surface area (Å²) in [6.07, 6.45) is 4.35. The Morgan fingerprint density at radius 1 is 1.30 bits per heavy atom. The molecule has 2 rings (SSSR count). The van der Waals surface area contributed by atoms with Gasteiger partial charge in [0.2, 0.25) is 0 Å². The van der Waals surface area contributed by atoms with Gasteiger partial charge in [-0.25, -0.2) is 0 Å². The number of halogens is 2. The quantitative estimate of drug-likeness (QED) is 0.596. The molecule has 2 aromatic rings. The van der Waals surface area contributed by atoms with Crippen molar-refractivity contribution in [1.82, 2.24) is 10.4 Å². The smallest absolute Gasteiger partial charge is 0.133 e. The predicted molar refractivity (Wildman–Crippen MR) is 86.4 cm³/mol. The summed E-state index contributed by atoms with van der Waals surface area (Å²) in [5.41, 5.74) is 5.04. The Labute approximate surface area is 135 Å². The highest BCUT2D eigenvalue weighted by atomic mass is 79.9. The first-order valence-corrected chi connectivity index (χ1v) is 7.61. The van der Waals surface area contributed by atoms with E-state index in [1.54, 1.807) is 13.3 Å². The highest BCUT2D eigenvalue weighted by Crippen LogP contribution is 2.29. The van der Waals surface area contributed by atoms with Crippen LogP contribution in [0.15, 0.2) is 45.6 Å². The molecular weight excluding hydrogens is 386 g/mol. The Kier molecular flexibility index (Phi) is 5.54. The summed E-state index contributed by atoms with van der Waals surface area (Å²) < 4.78 is 7.10. The zero-order valence-electron chi connectivity index (χ0n) is 10.9. The van der Waals surface area contributed by atoms with E-state index >= 15 is 0 Å². The van der Waals surface area contributed by atoms with Crippen molar-refractivity contribution >= 4 is 31.9 Å². The molecule has 0 radical (unpaired) electrons. The molecule has 0 aliphatic carbocycles. The number of nitrogens with one attached hydrogen (secondary N) is 1. The molecule has 3 N–H and O–H groups in total. The third-order valence-corrected chi connectivity index (χ3v) is 4.03. The lowest BCUT2D eigenvalue weighted by atomic mass is 10.0. The van der Waals surface area contributed by atoms with Crippen molar-refractivity contribution in [2.24, 2.45) is 5.84 Å². The Balaban J connectivity index is 2.22. The summed E-state index contributed by atoms with van der Waals surface area (Å²) in [6.45, 7) is 0. The fourth-order valence-electron chi connectivity index (χ4n) is 1.98. The molecule has 1 aromatic heterocycles. The number of hydrogen-bond donors (Lipinski definition) is 2. The van der Waals surface area contributed by atoms with Crippen molar-refractivity contribution < 1.29 is 4.74 Å². The van der Waals surface area contributed by atoms with E-state index in [9.17, 15) is 0 Å². The minimum absolute atomic E-state index is 0.00769. The standard InChI is InChI=1S/C14H15Br2N3O/c1-20-14-3-2-10(6-12(14)16)13(19-17)5-9-4-11(15)8-18-7-9/h2-4,6-8,13,19H,5,17H2,1H3. The molecule has 1 aromatic carbocycles. The van der Waals surface area contributed by atoms with Gasteiger partial charge in [-0.2, -0.15) is 0 Å². The van der Waals surface area contributed by atoms with E-state index < -0.39 is 0 Å². The molecule has 0 saturated heterocycles. The number of ether oxygens (including phenoxy) is 1. The second kappa shape index (κ2) is 7.17. The maximum absolute atomic E-state index is 5.68. The first-order chi connectivity index (χ1) is 9.63. The molecule has 0 bridgehead atoms. The molecule has 0 fully saturated rings. The number of nitrogens with zero attached hydrogens (tertiary/aromatic N) is 1. The van der Waals surface area contributed by atoms with Crippen LogP contribution in [0.5, 0.6) is 5.75 Å². The Morgan fingerprint density at radius 3 is 2.70 bits per heavy atom. The second-order valence-corrected chi connectivity index (χ2v) is 6.10.